The molecule has 7 heteroatoms. The second kappa shape index (κ2) is 7.29. The van der Waals surface area contributed by atoms with Crippen molar-refractivity contribution in [2.24, 2.45) is 0 Å². The smallest absolute Gasteiger partial charge is 0.257 e. The van der Waals surface area contributed by atoms with Crippen molar-refractivity contribution < 1.29 is 4.79 Å². The second-order valence-corrected chi connectivity index (χ2v) is 5.57. The van der Waals surface area contributed by atoms with Gasteiger partial charge in [-0.1, -0.05) is 41.9 Å². The summed E-state index contributed by atoms with van der Waals surface area (Å²) in [7, 11) is 0. The van der Waals surface area contributed by atoms with Gasteiger partial charge in [-0.05, 0) is 35.9 Å². The standard InChI is InChI=1S/C17H12Cl2N4O/c18-13-10-20-17(19)23-15(13)22-14-9-5-4-8-12(14)16(24)21-11-6-2-1-3-7-11/h1-10H,(H,21,24)(H,20,22,23). The lowest BCUT2D eigenvalue weighted by molar-refractivity contribution is 0.102. The molecule has 1 heterocycles. The average Bonchev–Trinajstić information content (AvgIpc) is 2.59. The van der Waals surface area contributed by atoms with Crippen LogP contribution in [0.5, 0.6) is 0 Å². The first-order valence-corrected chi connectivity index (χ1v) is 7.79. The van der Waals surface area contributed by atoms with Crippen molar-refractivity contribution in [1.29, 1.82) is 0 Å². The van der Waals surface area contributed by atoms with E-state index in [1.807, 2.05) is 30.3 Å². The summed E-state index contributed by atoms with van der Waals surface area (Å²) in [5.74, 6) is 0.0807. The summed E-state index contributed by atoms with van der Waals surface area (Å²) in [5.41, 5.74) is 1.72. The average molecular weight is 359 g/mol. The first kappa shape index (κ1) is 16.2. The summed E-state index contributed by atoms with van der Waals surface area (Å²) in [5, 5.41) is 6.23. The monoisotopic (exact) mass is 358 g/mol. The Balaban J connectivity index is 1.88. The van der Waals surface area contributed by atoms with Crippen molar-refractivity contribution in [2.45, 2.75) is 0 Å². The van der Waals surface area contributed by atoms with E-state index in [1.54, 1.807) is 24.3 Å². The second-order valence-electron chi connectivity index (χ2n) is 4.83. The minimum Gasteiger partial charge on any atom is -0.338 e. The molecule has 3 rings (SSSR count). The number of aromatic nitrogens is 2. The number of hydrogen-bond donors (Lipinski definition) is 2. The molecule has 2 N–H and O–H groups in total. The quantitative estimate of drug-likeness (QED) is 0.658. The van der Waals surface area contributed by atoms with Crippen LogP contribution in [0, 0.1) is 0 Å². The van der Waals surface area contributed by atoms with E-state index >= 15 is 0 Å². The molecule has 0 aliphatic heterocycles. The van der Waals surface area contributed by atoms with Gasteiger partial charge >= 0.3 is 0 Å². The molecule has 0 aliphatic carbocycles. The lowest BCUT2D eigenvalue weighted by Crippen LogP contribution is -2.14. The molecule has 0 unspecified atom stereocenters. The van der Waals surface area contributed by atoms with E-state index in [1.165, 1.54) is 6.20 Å². The largest absolute Gasteiger partial charge is 0.338 e. The third kappa shape index (κ3) is 3.82. The highest BCUT2D eigenvalue weighted by atomic mass is 35.5. The van der Waals surface area contributed by atoms with Gasteiger partial charge in [0.1, 0.15) is 5.02 Å². The normalized spacial score (nSPS) is 10.2. The van der Waals surface area contributed by atoms with Crippen LogP contribution in [-0.2, 0) is 0 Å². The summed E-state index contributed by atoms with van der Waals surface area (Å²) < 4.78 is 0. The maximum atomic E-state index is 12.5. The van der Waals surface area contributed by atoms with Gasteiger partial charge in [-0.15, -0.1) is 0 Å². The number of anilines is 3. The molecule has 0 aliphatic rings. The van der Waals surface area contributed by atoms with Crippen molar-refractivity contribution in [2.75, 3.05) is 10.6 Å². The lowest BCUT2D eigenvalue weighted by atomic mass is 10.1. The Bertz CT molecular complexity index is 871. The SMILES string of the molecule is O=C(Nc1ccccc1)c1ccccc1Nc1nc(Cl)ncc1Cl. The lowest BCUT2D eigenvalue weighted by Gasteiger charge is -2.12. The van der Waals surface area contributed by atoms with Crippen LogP contribution < -0.4 is 10.6 Å². The van der Waals surface area contributed by atoms with E-state index in [0.29, 0.717) is 27.8 Å². The summed E-state index contributed by atoms with van der Waals surface area (Å²) in [6.07, 6.45) is 1.39. The Hall–Kier alpha value is -2.63. The Labute approximate surface area is 148 Å². The van der Waals surface area contributed by atoms with Crippen molar-refractivity contribution in [3.05, 3.63) is 76.7 Å². The van der Waals surface area contributed by atoms with Crippen LogP contribution in [-0.4, -0.2) is 15.9 Å². The van der Waals surface area contributed by atoms with E-state index in [-0.39, 0.29) is 11.2 Å². The zero-order valence-corrected chi connectivity index (χ0v) is 13.8. The molecular weight excluding hydrogens is 347 g/mol. The summed E-state index contributed by atoms with van der Waals surface area (Å²) in [6.45, 7) is 0. The fourth-order valence-electron chi connectivity index (χ4n) is 2.07. The molecular formula is C17H12Cl2N4O. The van der Waals surface area contributed by atoms with Crippen LogP contribution in [0.25, 0.3) is 0 Å². The number of carbonyl (C=O) groups is 1. The van der Waals surface area contributed by atoms with E-state index in [0.717, 1.165) is 0 Å². The van der Waals surface area contributed by atoms with Crippen molar-refractivity contribution in [3.8, 4) is 0 Å². The first-order chi connectivity index (χ1) is 11.6. The van der Waals surface area contributed by atoms with Gasteiger partial charge in [0.2, 0.25) is 5.28 Å². The number of rotatable bonds is 4. The third-order valence-corrected chi connectivity index (χ3v) is 3.63. The fraction of sp³-hybridized carbons (Fsp3) is 0. The maximum absolute atomic E-state index is 12.5. The molecule has 0 fully saturated rings. The van der Waals surface area contributed by atoms with Gasteiger partial charge in [0.15, 0.2) is 5.82 Å². The third-order valence-electron chi connectivity index (χ3n) is 3.17. The molecule has 0 spiro atoms. The minimum atomic E-state index is -0.249. The Morgan fingerprint density at radius 3 is 2.46 bits per heavy atom. The zero-order valence-electron chi connectivity index (χ0n) is 12.3. The molecule has 1 amide bonds. The molecule has 0 atom stereocenters. The fourth-order valence-corrected chi connectivity index (χ4v) is 2.34. The molecule has 0 saturated carbocycles. The number of benzene rings is 2. The molecule has 1 aromatic heterocycles. The molecule has 0 saturated heterocycles. The molecule has 120 valence electrons. The van der Waals surface area contributed by atoms with Gasteiger partial charge < -0.3 is 10.6 Å². The Morgan fingerprint density at radius 2 is 1.67 bits per heavy atom. The van der Waals surface area contributed by atoms with E-state index in [4.69, 9.17) is 23.2 Å². The number of hydrogen-bond acceptors (Lipinski definition) is 4. The summed E-state index contributed by atoms with van der Waals surface area (Å²) in [4.78, 5) is 20.4. The predicted octanol–water partition coefficient (Wildman–Crippen LogP) is 4.78. The van der Waals surface area contributed by atoms with Crippen molar-refractivity contribution in [3.63, 3.8) is 0 Å². The van der Waals surface area contributed by atoms with Crippen LogP contribution in [0.4, 0.5) is 17.2 Å². The number of halogens is 2. The molecule has 0 bridgehead atoms. The van der Waals surface area contributed by atoms with Crippen molar-refractivity contribution in [1.82, 2.24) is 9.97 Å². The van der Waals surface area contributed by atoms with Gasteiger partial charge in [-0.3, -0.25) is 4.79 Å². The number of carbonyl (C=O) groups excluding carboxylic acids is 1. The Morgan fingerprint density at radius 1 is 0.958 bits per heavy atom. The minimum absolute atomic E-state index is 0.0631. The molecule has 2 aromatic carbocycles. The highest BCUT2D eigenvalue weighted by Crippen LogP contribution is 2.26. The zero-order chi connectivity index (χ0) is 16.9. The molecule has 0 radical (unpaired) electrons. The molecule has 24 heavy (non-hydrogen) atoms. The van der Waals surface area contributed by atoms with Crippen LogP contribution in [0.3, 0.4) is 0 Å². The number of nitrogens with one attached hydrogen (secondary N) is 2. The van der Waals surface area contributed by atoms with Gasteiger partial charge in [0.05, 0.1) is 17.4 Å². The highest BCUT2D eigenvalue weighted by molar-refractivity contribution is 6.33. The van der Waals surface area contributed by atoms with E-state index in [2.05, 4.69) is 20.6 Å². The van der Waals surface area contributed by atoms with Gasteiger partial charge in [0.25, 0.3) is 5.91 Å². The Kier molecular flexibility index (Phi) is 4.93. The van der Waals surface area contributed by atoms with Crippen LogP contribution in [0.15, 0.2) is 60.8 Å². The van der Waals surface area contributed by atoms with Crippen LogP contribution >= 0.6 is 23.2 Å². The molecule has 5 nitrogen and oxygen atoms in total. The maximum Gasteiger partial charge on any atom is 0.257 e. The number of nitrogens with zero attached hydrogens (tertiary/aromatic N) is 2. The molecule has 3 aromatic rings. The van der Waals surface area contributed by atoms with Gasteiger partial charge in [-0.2, -0.15) is 4.98 Å². The highest BCUT2D eigenvalue weighted by Gasteiger charge is 2.13. The summed E-state index contributed by atoms with van der Waals surface area (Å²) >= 11 is 11.9. The van der Waals surface area contributed by atoms with Gasteiger partial charge in [-0.25, -0.2) is 4.98 Å². The van der Waals surface area contributed by atoms with E-state index < -0.39 is 0 Å². The van der Waals surface area contributed by atoms with Crippen molar-refractivity contribution >= 4 is 46.3 Å². The number of amides is 1. The van der Waals surface area contributed by atoms with Crippen LogP contribution in [0.1, 0.15) is 10.4 Å². The topological polar surface area (TPSA) is 66.9 Å². The van der Waals surface area contributed by atoms with Gasteiger partial charge in [0, 0.05) is 5.69 Å². The first-order valence-electron chi connectivity index (χ1n) is 7.04. The van der Waals surface area contributed by atoms with E-state index in [9.17, 15) is 4.79 Å². The van der Waals surface area contributed by atoms with Crippen LogP contribution in [0.2, 0.25) is 10.3 Å². The number of para-hydroxylation sites is 2. The predicted molar refractivity (Wildman–Crippen MR) is 96.2 cm³/mol. The summed E-state index contributed by atoms with van der Waals surface area (Å²) in [6, 6.07) is 16.3.